The van der Waals surface area contributed by atoms with E-state index in [0.717, 1.165) is 43.1 Å². The average Bonchev–Trinajstić information content (AvgIpc) is 2.75. The second kappa shape index (κ2) is 8.16. The molecule has 7 heteroatoms. The Balaban J connectivity index is 1.23. The van der Waals surface area contributed by atoms with Crippen LogP contribution >= 0.6 is 15.9 Å². The van der Waals surface area contributed by atoms with Crippen LogP contribution in [0.15, 0.2) is 28.7 Å². The molecule has 168 valence electrons. The van der Waals surface area contributed by atoms with Crippen LogP contribution in [0.4, 0.5) is 0 Å². The normalized spacial score (nSPS) is 38.1. The molecule has 3 N–H and O–H groups in total. The van der Waals surface area contributed by atoms with E-state index in [2.05, 4.69) is 57.3 Å². The third-order valence-corrected chi connectivity index (χ3v) is 8.92. The molecule has 31 heavy (non-hydrogen) atoms. The van der Waals surface area contributed by atoms with Crippen molar-refractivity contribution in [1.29, 1.82) is 0 Å². The van der Waals surface area contributed by atoms with Crippen molar-refractivity contribution < 1.29 is 14.3 Å². The van der Waals surface area contributed by atoms with Gasteiger partial charge in [-0.25, -0.2) is 0 Å². The number of amides is 2. The summed E-state index contributed by atoms with van der Waals surface area (Å²) in [5, 5.41) is 3.35. The van der Waals surface area contributed by atoms with Gasteiger partial charge in [-0.3, -0.25) is 14.5 Å². The van der Waals surface area contributed by atoms with Gasteiger partial charge >= 0.3 is 0 Å². The first-order chi connectivity index (χ1) is 14.8. The second-order valence-corrected chi connectivity index (χ2v) is 11.1. The Labute approximate surface area is 192 Å². The SMILES string of the molecule is C[C@H](c1ccc(Br)cc1)N1CCOC(C(=O)NC2C3CC4CC2CC(C(N)=O)(C4)C3)C1. The lowest BCUT2D eigenvalue weighted by Crippen LogP contribution is -2.63. The van der Waals surface area contributed by atoms with Crippen molar-refractivity contribution in [2.75, 3.05) is 19.7 Å². The maximum Gasteiger partial charge on any atom is 0.250 e. The summed E-state index contributed by atoms with van der Waals surface area (Å²) in [6.45, 7) is 4.16. The Morgan fingerprint density at radius 1 is 1.19 bits per heavy atom. The third kappa shape index (κ3) is 3.93. The Morgan fingerprint density at radius 3 is 2.52 bits per heavy atom. The van der Waals surface area contributed by atoms with Crippen LogP contribution in [0.2, 0.25) is 0 Å². The van der Waals surface area contributed by atoms with Crippen molar-refractivity contribution in [2.24, 2.45) is 28.9 Å². The molecule has 5 fully saturated rings. The number of carbonyl (C=O) groups is 2. The number of morpholine rings is 1. The van der Waals surface area contributed by atoms with Gasteiger partial charge in [0.2, 0.25) is 5.91 Å². The quantitative estimate of drug-likeness (QED) is 0.665. The molecule has 2 amide bonds. The standard InChI is InChI=1S/C24H32BrN3O3/c1-14(16-2-4-19(25)5-3-16)28-6-7-31-20(13-28)22(29)27-21-17-8-15-9-18(21)12-24(10-15,11-17)23(26)30/h2-5,14-15,17-18,20-21H,6-13H2,1H3,(H2,26,30)(H,27,29)/t14-,15?,17?,18?,20?,21?,24?/m1/s1. The molecule has 0 spiro atoms. The van der Waals surface area contributed by atoms with Crippen molar-refractivity contribution >= 4 is 27.7 Å². The highest BCUT2D eigenvalue weighted by Gasteiger charge is 2.58. The second-order valence-electron chi connectivity index (χ2n) is 10.2. The van der Waals surface area contributed by atoms with Gasteiger partial charge in [0, 0.05) is 35.1 Å². The molecule has 4 bridgehead atoms. The summed E-state index contributed by atoms with van der Waals surface area (Å²) in [4.78, 5) is 27.7. The van der Waals surface area contributed by atoms with Gasteiger partial charge in [0.25, 0.3) is 5.91 Å². The fourth-order valence-corrected chi connectivity index (χ4v) is 7.21. The van der Waals surface area contributed by atoms with Gasteiger partial charge in [-0.15, -0.1) is 0 Å². The minimum Gasteiger partial charge on any atom is -0.369 e. The molecule has 3 unspecified atom stereocenters. The molecule has 1 aromatic carbocycles. The smallest absolute Gasteiger partial charge is 0.250 e. The number of halogens is 1. The number of nitrogens with one attached hydrogen (secondary N) is 1. The maximum absolute atomic E-state index is 13.2. The Morgan fingerprint density at radius 2 is 1.87 bits per heavy atom. The predicted octanol–water partition coefficient (Wildman–Crippen LogP) is 3.01. The van der Waals surface area contributed by atoms with Gasteiger partial charge in [0.15, 0.2) is 0 Å². The number of benzene rings is 1. The molecule has 0 aromatic heterocycles. The number of nitrogens with zero attached hydrogens (tertiary/aromatic N) is 1. The number of primary amides is 1. The van der Waals surface area contributed by atoms with Crippen LogP contribution in [0.3, 0.4) is 0 Å². The zero-order valence-corrected chi connectivity index (χ0v) is 19.6. The van der Waals surface area contributed by atoms with Crippen LogP contribution in [-0.2, 0) is 14.3 Å². The van der Waals surface area contributed by atoms with Gasteiger partial charge in [0.1, 0.15) is 6.10 Å². The molecular weight excluding hydrogens is 458 g/mol. The van der Waals surface area contributed by atoms with E-state index in [-0.39, 0.29) is 29.3 Å². The van der Waals surface area contributed by atoms with Crippen LogP contribution in [-0.4, -0.2) is 48.6 Å². The van der Waals surface area contributed by atoms with E-state index in [0.29, 0.717) is 30.9 Å². The van der Waals surface area contributed by atoms with E-state index in [4.69, 9.17) is 10.5 Å². The number of hydrogen-bond donors (Lipinski definition) is 2. The summed E-state index contributed by atoms with van der Waals surface area (Å²) >= 11 is 3.49. The summed E-state index contributed by atoms with van der Waals surface area (Å²) in [5.41, 5.74) is 6.72. The van der Waals surface area contributed by atoms with Crippen molar-refractivity contribution in [3.05, 3.63) is 34.3 Å². The Kier molecular flexibility index (Phi) is 5.64. The van der Waals surface area contributed by atoms with Crippen LogP contribution in [0.5, 0.6) is 0 Å². The number of nitrogens with two attached hydrogens (primary N) is 1. The molecule has 0 radical (unpaired) electrons. The lowest BCUT2D eigenvalue weighted by molar-refractivity contribution is -0.151. The molecule has 1 heterocycles. The molecule has 4 atom stereocenters. The van der Waals surface area contributed by atoms with Crippen molar-refractivity contribution in [3.8, 4) is 0 Å². The Bertz CT molecular complexity index is 844. The lowest BCUT2D eigenvalue weighted by atomic mass is 9.47. The molecule has 5 aliphatic rings. The largest absolute Gasteiger partial charge is 0.369 e. The van der Waals surface area contributed by atoms with Crippen LogP contribution < -0.4 is 11.1 Å². The van der Waals surface area contributed by atoms with Crippen LogP contribution in [0.1, 0.15) is 50.6 Å². The van der Waals surface area contributed by atoms with E-state index in [9.17, 15) is 9.59 Å². The van der Waals surface area contributed by atoms with E-state index < -0.39 is 6.10 Å². The summed E-state index contributed by atoms with van der Waals surface area (Å²) in [7, 11) is 0. The van der Waals surface area contributed by atoms with Crippen LogP contribution in [0, 0.1) is 23.2 Å². The molecule has 1 saturated heterocycles. The molecule has 6 nitrogen and oxygen atoms in total. The van der Waals surface area contributed by atoms with E-state index in [1.165, 1.54) is 5.56 Å². The molecule has 4 saturated carbocycles. The summed E-state index contributed by atoms with van der Waals surface area (Å²) in [5.74, 6) is 1.18. The molecular formula is C24H32BrN3O3. The number of hydrogen-bond acceptors (Lipinski definition) is 4. The molecule has 1 aromatic rings. The monoisotopic (exact) mass is 489 g/mol. The summed E-state index contributed by atoms with van der Waals surface area (Å²) in [6, 6.07) is 8.75. The van der Waals surface area contributed by atoms with E-state index in [1.807, 2.05) is 0 Å². The molecule has 4 aliphatic carbocycles. The number of carbonyl (C=O) groups excluding carboxylic acids is 2. The fraction of sp³-hybridized carbons (Fsp3) is 0.667. The first-order valence-corrected chi connectivity index (χ1v) is 12.4. The van der Waals surface area contributed by atoms with E-state index in [1.54, 1.807) is 0 Å². The third-order valence-electron chi connectivity index (χ3n) is 8.40. The van der Waals surface area contributed by atoms with Crippen molar-refractivity contribution in [3.63, 3.8) is 0 Å². The van der Waals surface area contributed by atoms with Gasteiger partial charge in [-0.1, -0.05) is 28.1 Å². The summed E-state index contributed by atoms with van der Waals surface area (Å²) < 4.78 is 6.96. The lowest BCUT2D eigenvalue weighted by Gasteiger charge is -2.59. The zero-order chi connectivity index (χ0) is 21.8. The highest BCUT2D eigenvalue weighted by Crippen LogP contribution is 2.59. The zero-order valence-electron chi connectivity index (χ0n) is 18.1. The van der Waals surface area contributed by atoms with Gasteiger partial charge in [-0.2, -0.15) is 0 Å². The van der Waals surface area contributed by atoms with E-state index >= 15 is 0 Å². The highest BCUT2D eigenvalue weighted by molar-refractivity contribution is 9.10. The first kappa shape index (κ1) is 21.4. The van der Waals surface area contributed by atoms with Gasteiger partial charge in [-0.05, 0) is 74.5 Å². The number of ether oxygens (including phenoxy) is 1. The average molecular weight is 490 g/mol. The minimum absolute atomic E-state index is 0.00157. The Hall–Kier alpha value is -1.44. The molecule has 6 rings (SSSR count). The predicted molar refractivity (Wildman–Crippen MR) is 121 cm³/mol. The topological polar surface area (TPSA) is 84.7 Å². The fourth-order valence-electron chi connectivity index (χ4n) is 6.95. The van der Waals surface area contributed by atoms with Gasteiger partial charge in [0.05, 0.1) is 6.61 Å². The highest BCUT2D eigenvalue weighted by atomic mass is 79.9. The van der Waals surface area contributed by atoms with Gasteiger partial charge < -0.3 is 15.8 Å². The summed E-state index contributed by atoms with van der Waals surface area (Å²) in [6.07, 6.45) is 4.37. The maximum atomic E-state index is 13.2. The van der Waals surface area contributed by atoms with Crippen molar-refractivity contribution in [1.82, 2.24) is 10.2 Å². The number of rotatable bonds is 5. The minimum atomic E-state index is -0.450. The first-order valence-electron chi connectivity index (χ1n) is 11.6. The molecule has 1 aliphatic heterocycles. The van der Waals surface area contributed by atoms with Crippen molar-refractivity contribution in [2.45, 2.75) is 57.2 Å². The van der Waals surface area contributed by atoms with Crippen LogP contribution in [0.25, 0.3) is 0 Å².